The van der Waals surface area contributed by atoms with E-state index in [-0.39, 0.29) is 0 Å². The van der Waals surface area contributed by atoms with E-state index in [1.807, 2.05) is 12.1 Å². The molecular weight excluding hydrogens is 272 g/mol. The van der Waals surface area contributed by atoms with Gasteiger partial charge in [-0.2, -0.15) is 0 Å². The highest BCUT2D eigenvalue weighted by molar-refractivity contribution is 6.29. The Bertz CT molecular complexity index is 633. The molecule has 3 rings (SSSR count). The molecule has 1 aliphatic rings. The molecule has 4 nitrogen and oxygen atoms in total. The second-order valence-electron chi connectivity index (χ2n) is 4.21. The summed E-state index contributed by atoms with van der Waals surface area (Å²) in [6, 6.07) is 6.98. The number of aromatic nitrogens is 2. The Balaban J connectivity index is 0.000000160. The standard InChI is InChI=1S/C10H10N2.C5H5ClN2/c11-9-5-6-12-10(7-9)8-3-1-2-4-8;6-5-3-4(7)1-2-8-5/h1-3,5-7H,4H2,(H2,11,12);1-3H,(H2,7,8). The van der Waals surface area contributed by atoms with Gasteiger partial charge >= 0.3 is 0 Å². The van der Waals surface area contributed by atoms with Crippen molar-refractivity contribution in [3.8, 4) is 0 Å². The van der Waals surface area contributed by atoms with Crippen molar-refractivity contribution < 1.29 is 0 Å². The van der Waals surface area contributed by atoms with Crippen LogP contribution in [0.25, 0.3) is 5.57 Å². The molecule has 0 fully saturated rings. The van der Waals surface area contributed by atoms with E-state index in [4.69, 9.17) is 23.1 Å². The zero-order chi connectivity index (χ0) is 14.4. The van der Waals surface area contributed by atoms with Crippen LogP contribution < -0.4 is 11.5 Å². The average molecular weight is 287 g/mol. The zero-order valence-electron chi connectivity index (χ0n) is 10.8. The number of anilines is 2. The molecule has 2 aromatic heterocycles. The Labute approximate surface area is 122 Å². The molecule has 0 atom stereocenters. The van der Waals surface area contributed by atoms with Crippen LogP contribution >= 0.6 is 11.6 Å². The van der Waals surface area contributed by atoms with E-state index in [1.165, 1.54) is 5.57 Å². The van der Waals surface area contributed by atoms with Crippen LogP contribution in [0.1, 0.15) is 12.1 Å². The minimum absolute atomic E-state index is 0.435. The maximum atomic E-state index is 5.64. The van der Waals surface area contributed by atoms with E-state index in [1.54, 1.807) is 30.6 Å². The number of hydrogen-bond donors (Lipinski definition) is 2. The third-order valence-corrected chi connectivity index (χ3v) is 2.84. The summed E-state index contributed by atoms with van der Waals surface area (Å²) in [4.78, 5) is 7.96. The molecular formula is C15H15ClN4. The van der Waals surface area contributed by atoms with E-state index in [0.717, 1.165) is 17.8 Å². The maximum Gasteiger partial charge on any atom is 0.131 e. The molecule has 1 aliphatic carbocycles. The largest absolute Gasteiger partial charge is 0.399 e. The number of allylic oxidation sites excluding steroid dienone is 4. The van der Waals surface area contributed by atoms with Crippen molar-refractivity contribution in [2.45, 2.75) is 6.42 Å². The number of nitrogen functional groups attached to an aromatic ring is 2. The molecule has 0 aliphatic heterocycles. The Morgan fingerprint density at radius 3 is 2.20 bits per heavy atom. The van der Waals surface area contributed by atoms with Gasteiger partial charge in [0, 0.05) is 23.8 Å². The number of hydrogen-bond acceptors (Lipinski definition) is 4. The van der Waals surface area contributed by atoms with Crippen LogP contribution in [-0.2, 0) is 0 Å². The van der Waals surface area contributed by atoms with Crippen LogP contribution in [0, 0.1) is 0 Å². The van der Waals surface area contributed by atoms with E-state index in [2.05, 4.69) is 22.1 Å². The molecule has 20 heavy (non-hydrogen) atoms. The lowest BCUT2D eigenvalue weighted by molar-refractivity contribution is 1.25. The summed E-state index contributed by atoms with van der Waals surface area (Å²) in [5.41, 5.74) is 14.6. The lowest BCUT2D eigenvalue weighted by Crippen LogP contribution is -1.90. The molecule has 0 saturated carbocycles. The second kappa shape index (κ2) is 6.73. The molecule has 2 heterocycles. The van der Waals surface area contributed by atoms with Crippen LogP contribution in [0.3, 0.4) is 0 Å². The normalized spacial score (nSPS) is 12.6. The van der Waals surface area contributed by atoms with Crippen molar-refractivity contribution in [3.63, 3.8) is 0 Å². The fourth-order valence-electron chi connectivity index (χ4n) is 1.68. The first-order valence-corrected chi connectivity index (χ1v) is 6.47. The monoisotopic (exact) mass is 286 g/mol. The minimum Gasteiger partial charge on any atom is -0.399 e. The highest BCUT2D eigenvalue weighted by Gasteiger charge is 2.03. The molecule has 0 radical (unpaired) electrons. The van der Waals surface area contributed by atoms with Crippen molar-refractivity contribution in [2.75, 3.05) is 11.5 Å². The summed E-state index contributed by atoms with van der Waals surface area (Å²) in [7, 11) is 0. The first-order valence-electron chi connectivity index (χ1n) is 6.10. The summed E-state index contributed by atoms with van der Waals surface area (Å²) >= 11 is 5.45. The minimum atomic E-state index is 0.435. The maximum absolute atomic E-state index is 5.64. The Hall–Kier alpha value is -2.33. The smallest absolute Gasteiger partial charge is 0.131 e. The van der Waals surface area contributed by atoms with E-state index >= 15 is 0 Å². The Morgan fingerprint density at radius 1 is 1.00 bits per heavy atom. The summed E-state index contributed by atoms with van der Waals surface area (Å²) in [6.07, 6.45) is 10.5. The van der Waals surface area contributed by atoms with Crippen molar-refractivity contribution in [2.24, 2.45) is 0 Å². The molecule has 2 aromatic rings. The third kappa shape index (κ3) is 4.10. The Morgan fingerprint density at radius 2 is 1.70 bits per heavy atom. The predicted molar refractivity (Wildman–Crippen MR) is 84.0 cm³/mol. The van der Waals surface area contributed by atoms with Gasteiger partial charge in [-0.3, -0.25) is 4.98 Å². The molecule has 5 heteroatoms. The molecule has 0 aromatic carbocycles. The zero-order valence-corrected chi connectivity index (χ0v) is 11.6. The second-order valence-corrected chi connectivity index (χ2v) is 4.60. The van der Waals surface area contributed by atoms with E-state index in [9.17, 15) is 0 Å². The van der Waals surface area contributed by atoms with Crippen LogP contribution in [0.5, 0.6) is 0 Å². The number of nitrogens with two attached hydrogens (primary N) is 2. The number of halogens is 1. The molecule has 0 amide bonds. The van der Waals surface area contributed by atoms with Crippen LogP contribution in [0.15, 0.2) is 54.9 Å². The average Bonchev–Trinajstić information content (AvgIpc) is 2.93. The third-order valence-electron chi connectivity index (χ3n) is 2.63. The summed E-state index contributed by atoms with van der Waals surface area (Å²) < 4.78 is 0. The van der Waals surface area contributed by atoms with Crippen molar-refractivity contribution >= 4 is 28.5 Å². The fourth-order valence-corrected chi connectivity index (χ4v) is 1.86. The van der Waals surface area contributed by atoms with Crippen LogP contribution in [0.2, 0.25) is 5.15 Å². The quantitative estimate of drug-likeness (QED) is 0.788. The highest BCUT2D eigenvalue weighted by Crippen LogP contribution is 2.22. The molecule has 0 bridgehead atoms. The van der Waals surface area contributed by atoms with Gasteiger partial charge in [-0.1, -0.05) is 29.8 Å². The first-order chi connectivity index (χ1) is 9.65. The molecule has 0 saturated heterocycles. The SMILES string of the molecule is Nc1ccnc(C2=CC=CC2)c1.Nc1ccnc(Cl)c1. The number of pyridine rings is 2. The van der Waals surface area contributed by atoms with Gasteiger partial charge in [0.2, 0.25) is 0 Å². The van der Waals surface area contributed by atoms with Crippen molar-refractivity contribution in [3.05, 3.63) is 65.7 Å². The van der Waals surface area contributed by atoms with Gasteiger partial charge in [-0.25, -0.2) is 4.98 Å². The molecule has 0 unspecified atom stereocenters. The van der Waals surface area contributed by atoms with Gasteiger partial charge < -0.3 is 11.5 Å². The number of nitrogens with zero attached hydrogens (tertiary/aromatic N) is 2. The number of rotatable bonds is 1. The lowest BCUT2D eigenvalue weighted by atomic mass is 10.1. The van der Waals surface area contributed by atoms with Gasteiger partial charge in [0.05, 0.1) is 5.69 Å². The molecule has 4 N–H and O–H groups in total. The van der Waals surface area contributed by atoms with Gasteiger partial charge in [0.25, 0.3) is 0 Å². The lowest BCUT2D eigenvalue weighted by Gasteiger charge is -2.00. The van der Waals surface area contributed by atoms with Gasteiger partial charge in [-0.05, 0) is 36.3 Å². The van der Waals surface area contributed by atoms with E-state index in [0.29, 0.717) is 10.8 Å². The van der Waals surface area contributed by atoms with E-state index < -0.39 is 0 Å². The molecule has 0 spiro atoms. The Kier molecular flexibility index (Phi) is 4.74. The van der Waals surface area contributed by atoms with Gasteiger partial charge in [0.15, 0.2) is 0 Å². The highest BCUT2D eigenvalue weighted by atomic mass is 35.5. The van der Waals surface area contributed by atoms with Gasteiger partial charge in [-0.15, -0.1) is 0 Å². The van der Waals surface area contributed by atoms with Gasteiger partial charge in [0.1, 0.15) is 5.15 Å². The van der Waals surface area contributed by atoms with Crippen LogP contribution in [0.4, 0.5) is 11.4 Å². The topological polar surface area (TPSA) is 77.8 Å². The van der Waals surface area contributed by atoms with Crippen molar-refractivity contribution in [1.29, 1.82) is 0 Å². The van der Waals surface area contributed by atoms with Crippen LogP contribution in [-0.4, -0.2) is 9.97 Å². The summed E-state index contributed by atoms with van der Waals surface area (Å²) in [5.74, 6) is 0. The summed E-state index contributed by atoms with van der Waals surface area (Å²) in [5, 5.41) is 0.435. The van der Waals surface area contributed by atoms with Crippen molar-refractivity contribution in [1.82, 2.24) is 9.97 Å². The first kappa shape index (κ1) is 14.1. The fraction of sp³-hybridized carbons (Fsp3) is 0.0667. The summed E-state index contributed by atoms with van der Waals surface area (Å²) in [6.45, 7) is 0. The molecule has 102 valence electrons. The predicted octanol–water partition coefficient (Wildman–Crippen LogP) is 3.32.